The molecule has 0 heterocycles. The van der Waals surface area contributed by atoms with E-state index in [0.717, 1.165) is 5.56 Å². The van der Waals surface area contributed by atoms with Gasteiger partial charge in [-0.1, -0.05) is 17.7 Å². The van der Waals surface area contributed by atoms with Crippen LogP contribution < -0.4 is 19.5 Å². The summed E-state index contributed by atoms with van der Waals surface area (Å²) in [7, 11) is 3.20. The number of rotatable bonds is 9. The third-order valence-electron chi connectivity index (χ3n) is 3.60. The third kappa shape index (κ3) is 6.19. The molecule has 2 rings (SSSR count). The molecule has 0 aliphatic carbocycles. The molecular formula is C19H22ClNO4. The van der Waals surface area contributed by atoms with Crippen molar-refractivity contribution >= 4 is 17.5 Å². The van der Waals surface area contributed by atoms with Gasteiger partial charge < -0.3 is 19.5 Å². The average molecular weight is 364 g/mol. The van der Waals surface area contributed by atoms with E-state index in [2.05, 4.69) is 5.32 Å². The van der Waals surface area contributed by atoms with Crippen molar-refractivity contribution in [2.45, 2.75) is 12.8 Å². The van der Waals surface area contributed by atoms with Crippen LogP contribution in [0.1, 0.15) is 12.0 Å². The number of carbonyl (C=O) groups excluding carboxylic acids is 1. The first-order valence-electron chi connectivity index (χ1n) is 7.98. The van der Waals surface area contributed by atoms with E-state index in [1.807, 2.05) is 18.2 Å². The van der Waals surface area contributed by atoms with Gasteiger partial charge >= 0.3 is 0 Å². The van der Waals surface area contributed by atoms with E-state index in [0.29, 0.717) is 48.3 Å². The minimum Gasteiger partial charge on any atom is -0.493 e. The van der Waals surface area contributed by atoms with Crippen LogP contribution in [0.25, 0.3) is 0 Å². The Morgan fingerprint density at radius 2 is 1.76 bits per heavy atom. The summed E-state index contributed by atoms with van der Waals surface area (Å²) >= 11 is 5.81. The van der Waals surface area contributed by atoms with Crippen molar-refractivity contribution in [3.8, 4) is 17.2 Å². The Labute approximate surface area is 152 Å². The Morgan fingerprint density at radius 1 is 1.04 bits per heavy atom. The van der Waals surface area contributed by atoms with Crippen LogP contribution in [-0.2, 0) is 11.2 Å². The first-order valence-corrected chi connectivity index (χ1v) is 8.36. The molecule has 0 bridgehead atoms. The lowest BCUT2D eigenvalue weighted by Crippen LogP contribution is -2.27. The van der Waals surface area contributed by atoms with Crippen LogP contribution in [-0.4, -0.2) is 33.3 Å². The molecule has 0 aromatic heterocycles. The fourth-order valence-electron chi connectivity index (χ4n) is 2.26. The predicted octanol–water partition coefficient (Wildman–Crippen LogP) is 3.49. The predicted molar refractivity (Wildman–Crippen MR) is 97.8 cm³/mol. The zero-order chi connectivity index (χ0) is 18.1. The fourth-order valence-corrected chi connectivity index (χ4v) is 2.39. The average Bonchev–Trinajstić information content (AvgIpc) is 2.63. The molecule has 0 radical (unpaired) electrons. The van der Waals surface area contributed by atoms with E-state index in [-0.39, 0.29) is 5.91 Å². The van der Waals surface area contributed by atoms with E-state index in [1.54, 1.807) is 38.5 Å². The van der Waals surface area contributed by atoms with E-state index in [4.69, 9.17) is 25.8 Å². The van der Waals surface area contributed by atoms with Gasteiger partial charge in [0.25, 0.3) is 0 Å². The topological polar surface area (TPSA) is 56.8 Å². The van der Waals surface area contributed by atoms with Crippen LogP contribution in [0.2, 0.25) is 5.02 Å². The second kappa shape index (κ2) is 9.79. The maximum atomic E-state index is 11.8. The van der Waals surface area contributed by atoms with Crippen LogP contribution >= 0.6 is 11.6 Å². The number of carbonyl (C=O) groups is 1. The summed E-state index contributed by atoms with van der Waals surface area (Å²) < 4.78 is 16.0. The van der Waals surface area contributed by atoms with Gasteiger partial charge in [-0.05, 0) is 48.4 Å². The Balaban J connectivity index is 1.69. The van der Waals surface area contributed by atoms with Crippen molar-refractivity contribution < 1.29 is 19.0 Å². The SMILES string of the molecule is COc1ccc(CCNC(=O)CCOc2ccc(Cl)cc2)cc1OC. The number of benzene rings is 2. The second-order valence-electron chi connectivity index (χ2n) is 5.34. The molecule has 2 aromatic rings. The highest BCUT2D eigenvalue weighted by Gasteiger charge is 2.06. The molecule has 0 fully saturated rings. The molecule has 134 valence electrons. The summed E-state index contributed by atoms with van der Waals surface area (Å²) in [4.78, 5) is 11.8. The summed E-state index contributed by atoms with van der Waals surface area (Å²) in [6.45, 7) is 0.874. The van der Waals surface area contributed by atoms with E-state index in [9.17, 15) is 4.79 Å². The summed E-state index contributed by atoms with van der Waals surface area (Å²) in [6.07, 6.45) is 1.01. The number of hydrogen-bond acceptors (Lipinski definition) is 4. The molecule has 0 spiro atoms. The maximum absolute atomic E-state index is 11.8. The second-order valence-corrected chi connectivity index (χ2v) is 5.78. The van der Waals surface area contributed by atoms with Crippen LogP contribution in [0.3, 0.4) is 0 Å². The zero-order valence-corrected chi connectivity index (χ0v) is 15.1. The first-order chi connectivity index (χ1) is 12.1. The van der Waals surface area contributed by atoms with Crippen molar-refractivity contribution in [2.24, 2.45) is 0 Å². The van der Waals surface area contributed by atoms with E-state index >= 15 is 0 Å². The third-order valence-corrected chi connectivity index (χ3v) is 3.85. The molecule has 25 heavy (non-hydrogen) atoms. The van der Waals surface area contributed by atoms with E-state index < -0.39 is 0 Å². The Morgan fingerprint density at radius 3 is 2.44 bits per heavy atom. The van der Waals surface area contributed by atoms with Gasteiger partial charge in [0.05, 0.1) is 27.2 Å². The highest BCUT2D eigenvalue weighted by Crippen LogP contribution is 2.27. The molecule has 0 aliphatic heterocycles. The van der Waals surface area contributed by atoms with Crippen molar-refractivity contribution in [3.05, 3.63) is 53.1 Å². The molecule has 1 N–H and O–H groups in total. The number of nitrogens with one attached hydrogen (secondary N) is 1. The lowest BCUT2D eigenvalue weighted by atomic mass is 10.1. The monoisotopic (exact) mass is 363 g/mol. The van der Waals surface area contributed by atoms with Gasteiger partial charge in [0.15, 0.2) is 11.5 Å². The van der Waals surface area contributed by atoms with Crippen molar-refractivity contribution in [1.29, 1.82) is 0 Å². The van der Waals surface area contributed by atoms with Gasteiger partial charge in [0, 0.05) is 11.6 Å². The van der Waals surface area contributed by atoms with Crippen LogP contribution in [0.15, 0.2) is 42.5 Å². The van der Waals surface area contributed by atoms with Crippen LogP contribution in [0, 0.1) is 0 Å². The molecule has 0 aliphatic rings. The lowest BCUT2D eigenvalue weighted by Gasteiger charge is -2.10. The lowest BCUT2D eigenvalue weighted by molar-refractivity contribution is -0.121. The Hall–Kier alpha value is -2.40. The van der Waals surface area contributed by atoms with Crippen molar-refractivity contribution in [1.82, 2.24) is 5.32 Å². The zero-order valence-electron chi connectivity index (χ0n) is 14.4. The largest absolute Gasteiger partial charge is 0.493 e. The summed E-state index contributed by atoms with van der Waals surface area (Å²) in [5.74, 6) is 2.02. The highest BCUT2D eigenvalue weighted by molar-refractivity contribution is 6.30. The van der Waals surface area contributed by atoms with E-state index in [1.165, 1.54) is 0 Å². The van der Waals surface area contributed by atoms with Gasteiger partial charge in [-0.2, -0.15) is 0 Å². The number of ether oxygens (including phenoxy) is 3. The molecule has 5 nitrogen and oxygen atoms in total. The standard InChI is InChI=1S/C19H22ClNO4/c1-23-17-8-3-14(13-18(17)24-2)9-11-21-19(22)10-12-25-16-6-4-15(20)5-7-16/h3-8,13H,9-12H2,1-2H3,(H,21,22). The molecule has 0 atom stereocenters. The summed E-state index contributed by atoms with van der Waals surface area (Å²) in [5.41, 5.74) is 1.07. The summed E-state index contributed by atoms with van der Waals surface area (Å²) in [5, 5.41) is 3.53. The maximum Gasteiger partial charge on any atom is 0.223 e. The molecule has 0 saturated heterocycles. The van der Waals surface area contributed by atoms with Gasteiger partial charge in [0.1, 0.15) is 5.75 Å². The Kier molecular flexibility index (Phi) is 7.41. The van der Waals surface area contributed by atoms with Gasteiger partial charge in [-0.3, -0.25) is 4.79 Å². The molecule has 6 heteroatoms. The minimum absolute atomic E-state index is 0.0468. The van der Waals surface area contributed by atoms with Crippen molar-refractivity contribution in [3.63, 3.8) is 0 Å². The fraction of sp³-hybridized carbons (Fsp3) is 0.316. The summed E-state index contributed by atoms with van der Waals surface area (Å²) in [6, 6.07) is 12.8. The molecule has 1 amide bonds. The van der Waals surface area contributed by atoms with Gasteiger partial charge in [-0.25, -0.2) is 0 Å². The number of halogens is 1. The Bertz CT molecular complexity index is 688. The smallest absolute Gasteiger partial charge is 0.223 e. The van der Waals surface area contributed by atoms with Gasteiger partial charge in [-0.15, -0.1) is 0 Å². The van der Waals surface area contributed by atoms with Crippen LogP contribution in [0.5, 0.6) is 17.2 Å². The first kappa shape index (κ1) is 18.9. The highest BCUT2D eigenvalue weighted by atomic mass is 35.5. The number of amides is 1. The number of hydrogen-bond donors (Lipinski definition) is 1. The molecule has 2 aromatic carbocycles. The van der Waals surface area contributed by atoms with Crippen molar-refractivity contribution in [2.75, 3.05) is 27.4 Å². The molecule has 0 saturated carbocycles. The number of methoxy groups -OCH3 is 2. The normalized spacial score (nSPS) is 10.2. The molecular weight excluding hydrogens is 342 g/mol. The van der Waals surface area contributed by atoms with Gasteiger partial charge in [0.2, 0.25) is 5.91 Å². The molecule has 0 unspecified atom stereocenters. The minimum atomic E-state index is -0.0468. The quantitative estimate of drug-likeness (QED) is 0.741. The van der Waals surface area contributed by atoms with Crippen LogP contribution in [0.4, 0.5) is 0 Å².